The second kappa shape index (κ2) is 3.62. The van der Waals surface area contributed by atoms with E-state index in [1.165, 1.54) is 0 Å². The Balaban J connectivity index is 2.94. The van der Waals surface area contributed by atoms with Gasteiger partial charge in [-0.1, -0.05) is 0 Å². The van der Waals surface area contributed by atoms with Crippen LogP contribution in [0.2, 0.25) is 0 Å². The van der Waals surface area contributed by atoms with Crippen molar-refractivity contribution in [2.24, 2.45) is 0 Å². The van der Waals surface area contributed by atoms with Crippen molar-refractivity contribution < 1.29 is 9.85 Å². The topological polar surface area (TPSA) is 112 Å². The van der Waals surface area contributed by atoms with Crippen molar-refractivity contribution in [1.82, 2.24) is 7.96 Å². The molecule has 8 nitrogen and oxygen atoms in total. The molecular formula is C7H4N4O4Se. The maximum atomic E-state index is 10.8. The first kappa shape index (κ1) is 10.7. The molecule has 1 aromatic carbocycles. The van der Waals surface area contributed by atoms with Crippen LogP contribution in [0.4, 0.5) is 11.4 Å². The Bertz CT molecular complexity index is 608. The molecule has 0 radical (unpaired) electrons. The summed E-state index contributed by atoms with van der Waals surface area (Å²) >= 11 is -0.451. The third-order valence-electron chi connectivity index (χ3n) is 2.06. The molecule has 0 atom stereocenters. The van der Waals surface area contributed by atoms with Gasteiger partial charge in [0.1, 0.15) is 0 Å². The van der Waals surface area contributed by atoms with Gasteiger partial charge in [-0.15, -0.1) is 0 Å². The van der Waals surface area contributed by atoms with E-state index in [1.807, 2.05) is 0 Å². The van der Waals surface area contributed by atoms with E-state index in [2.05, 4.69) is 7.96 Å². The summed E-state index contributed by atoms with van der Waals surface area (Å²) in [6.07, 6.45) is 0. The van der Waals surface area contributed by atoms with Crippen LogP contribution in [0, 0.1) is 27.2 Å². The Kier molecular flexibility index (Phi) is 2.41. The van der Waals surface area contributed by atoms with E-state index in [0.29, 0.717) is 11.1 Å². The van der Waals surface area contributed by atoms with Gasteiger partial charge in [0.2, 0.25) is 0 Å². The van der Waals surface area contributed by atoms with Crippen LogP contribution in [-0.2, 0) is 0 Å². The van der Waals surface area contributed by atoms with E-state index in [4.69, 9.17) is 0 Å². The van der Waals surface area contributed by atoms with Crippen LogP contribution in [0.5, 0.6) is 0 Å². The van der Waals surface area contributed by atoms with E-state index in [0.717, 1.165) is 6.07 Å². The monoisotopic (exact) mass is 288 g/mol. The fourth-order valence-corrected chi connectivity index (χ4v) is 2.66. The maximum absolute atomic E-state index is 10.8. The zero-order chi connectivity index (χ0) is 11.9. The van der Waals surface area contributed by atoms with E-state index < -0.39 is 36.2 Å². The number of fused-ring (bicyclic) bond motifs is 1. The van der Waals surface area contributed by atoms with Crippen molar-refractivity contribution in [1.29, 1.82) is 0 Å². The summed E-state index contributed by atoms with van der Waals surface area (Å²) in [6, 6.07) is 1.16. The average Bonchev–Trinajstić information content (AvgIpc) is 2.65. The predicted molar refractivity (Wildman–Crippen MR) is 54.5 cm³/mol. The van der Waals surface area contributed by atoms with Crippen molar-refractivity contribution >= 4 is 37.4 Å². The van der Waals surface area contributed by atoms with Crippen molar-refractivity contribution in [3.8, 4) is 0 Å². The molecule has 16 heavy (non-hydrogen) atoms. The number of nitrogens with zero attached hydrogens (tertiary/aromatic N) is 4. The number of aryl methyl sites for hydroxylation is 1. The molecule has 2 aromatic rings. The summed E-state index contributed by atoms with van der Waals surface area (Å²) in [5.74, 6) is 0. The van der Waals surface area contributed by atoms with Gasteiger partial charge in [-0.05, 0) is 0 Å². The van der Waals surface area contributed by atoms with Crippen LogP contribution in [0.1, 0.15) is 5.56 Å². The molecule has 2 rings (SSSR count). The normalized spacial score (nSPS) is 10.6. The number of rotatable bonds is 2. The van der Waals surface area contributed by atoms with E-state index in [-0.39, 0.29) is 5.52 Å². The summed E-state index contributed by atoms with van der Waals surface area (Å²) in [5, 5.41) is 21.5. The molecular weight excluding hydrogens is 283 g/mol. The Morgan fingerprint density at radius 1 is 1.19 bits per heavy atom. The van der Waals surface area contributed by atoms with Gasteiger partial charge in [0, 0.05) is 0 Å². The number of benzene rings is 1. The molecule has 9 heteroatoms. The predicted octanol–water partition coefficient (Wildman–Crippen LogP) is 0.812. The number of hydrogen-bond donors (Lipinski definition) is 0. The summed E-state index contributed by atoms with van der Waals surface area (Å²) in [6.45, 7) is 1.62. The molecule has 0 saturated carbocycles. The Hall–Kier alpha value is -1.86. The molecule has 0 aliphatic rings. The molecule has 0 aliphatic carbocycles. The van der Waals surface area contributed by atoms with Gasteiger partial charge in [-0.25, -0.2) is 0 Å². The second-order valence-electron chi connectivity index (χ2n) is 3.04. The first-order chi connectivity index (χ1) is 7.52. The fourth-order valence-electron chi connectivity index (χ4n) is 1.38. The van der Waals surface area contributed by atoms with Crippen LogP contribution < -0.4 is 0 Å². The van der Waals surface area contributed by atoms with Gasteiger partial charge in [0.25, 0.3) is 0 Å². The Labute approximate surface area is 94.4 Å². The Morgan fingerprint density at radius 3 is 2.38 bits per heavy atom. The molecule has 0 spiro atoms. The first-order valence-electron chi connectivity index (χ1n) is 4.07. The Morgan fingerprint density at radius 2 is 1.81 bits per heavy atom. The van der Waals surface area contributed by atoms with Crippen LogP contribution in [-0.4, -0.2) is 32.8 Å². The van der Waals surface area contributed by atoms with Gasteiger partial charge in [-0.3, -0.25) is 0 Å². The van der Waals surface area contributed by atoms with Gasteiger partial charge in [-0.2, -0.15) is 0 Å². The van der Waals surface area contributed by atoms with Gasteiger partial charge >= 0.3 is 94.0 Å². The molecule has 82 valence electrons. The molecule has 0 unspecified atom stereocenters. The van der Waals surface area contributed by atoms with Crippen molar-refractivity contribution in [2.75, 3.05) is 0 Å². The number of hydrogen-bond acceptors (Lipinski definition) is 6. The van der Waals surface area contributed by atoms with Crippen LogP contribution in [0.15, 0.2) is 6.07 Å². The molecule has 0 aliphatic heterocycles. The summed E-state index contributed by atoms with van der Waals surface area (Å²) < 4.78 is 7.89. The minimum atomic E-state index is -0.781. The zero-order valence-corrected chi connectivity index (χ0v) is 9.62. The third-order valence-corrected chi connectivity index (χ3v) is 3.17. The van der Waals surface area contributed by atoms with E-state index in [9.17, 15) is 20.2 Å². The zero-order valence-electron chi connectivity index (χ0n) is 7.91. The summed E-state index contributed by atoms with van der Waals surface area (Å²) in [7, 11) is 0. The van der Waals surface area contributed by atoms with Crippen molar-refractivity contribution in [3.05, 3.63) is 31.9 Å². The van der Waals surface area contributed by atoms with Crippen molar-refractivity contribution in [2.45, 2.75) is 6.92 Å². The standard InChI is InChI=1S/C7H4N4O4Se/c1-3-2-4(10(12)13)7(11(14)15)6-5(3)8-16-9-6/h2H,1H3. The van der Waals surface area contributed by atoms with Gasteiger partial charge in [0.05, 0.1) is 0 Å². The van der Waals surface area contributed by atoms with Gasteiger partial charge in [0.15, 0.2) is 0 Å². The number of nitro groups is 2. The molecule has 0 bridgehead atoms. The van der Waals surface area contributed by atoms with E-state index in [1.54, 1.807) is 6.92 Å². The molecule has 0 amide bonds. The van der Waals surface area contributed by atoms with Crippen LogP contribution >= 0.6 is 0 Å². The molecule has 1 aromatic heterocycles. The van der Waals surface area contributed by atoms with Gasteiger partial charge < -0.3 is 0 Å². The van der Waals surface area contributed by atoms with E-state index >= 15 is 0 Å². The average molecular weight is 287 g/mol. The summed E-state index contributed by atoms with van der Waals surface area (Å²) in [5.41, 5.74) is -0.115. The first-order valence-corrected chi connectivity index (χ1v) is 5.60. The molecule has 0 fully saturated rings. The summed E-state index contributed by atoms with van der Waals surface area (Å²) in [4.78, 5) is 20.0. The second-order valence-corrected chi connectivity index (χ2v) is 4.15. The molecule has 1 heterocycles. The SMILES string of the molecule is Cc1cc([N+](=O)[O-])c([N+](=O)[O-])c2n[se]nc12. The minimum absolute atomic E-state index is 0.0386. The number of nitro benzene ring substituents is 2. The van der Waals surface area contributed by atoms with Crippen molar-refractivity contribution in [3.63, 3.8) is 0 Å². The third kappa shape index (κ3) is 1.46. The number of aromatic nitrogens is 2. The molecule has 0 N–H and O–H groups in total. The fraction of sp³-hybridized carbons (Fsp3) is 0.143. The van der Waals surface area contributed by atoms with Crippen LogP contribution in [0.25, 0.3) is 11.0 Å². The quantitative estimate of drug-likeness (QED) is 0.459. The van der Waals surface area contributed by atoms with Crippen LogP contribution in [0.3, 0.4) is 0 Å². The molecule has 0 saturated heterocycles.